The topological polar surface area (TPSA) is 74.4 Å². The SMILES string of the molecule is c1ccc(-c2nn3c([C@@H]4COc5ccccc5O4)nnc3s2)nc1. The van der Waals surface area contributed by atoms with E-state index < -0.39 is 0 Å². The van der Waals surface area contributed by atoms with Crippen molar-refractivity contribution >= 4 is 16.3 Å². The Morgan fingerprint density at radius 1 is 1.04 bits per heavy atom. The van der Waals surface area contributed by atoms with Crippen molar-refractivity contribution in [2.24, 2.45) is 0 Å². The fourth-order valence-electron chi connectivity index (χ4n) is 2.57. The molecule has 0 amide bonds. The van der Waals surface area contributed by atoms with Gasteiger partial charge >= 0.3 is 0 Å². The number of hydrogen-bond donors (Lipinski definition) is 0. The largest absolute Gasteiger partial charge is 0.485 e. The lowest BCUT2D eigenvalue weighted by molar-refractivity contribution is 0.0836. The second kappa shape index (κ2) is 5.27. The van der Waals surface area contributed by atoms with Crippen molar-refractivity contribution in [2.45, 2.75) is 6.10 Å². The normalized spacial score (nSPS) is 16.4. The van der Waals surface area contributed by atoms with Crippen molar-refractivity contribution in [3.63, 3.8) is 0 Å². The Balaban J connectivity index is 1.53. The molecule has 1 atom stereocenters. The van der Waals surface area contributed by atoms with Gasteiger partial charge < -0.3 is 9.47 Å². The summed E-state index contributed by atoms with van der Waals surface area (Å²) in [5.41, 5.74) is 0.810. The zero-order valence-electron chi connectivity index (χ0n) is 12.4. The van der Waals surface area contributed by atoms with Gasteiger partial charge in [0.2, 0.25) is 4.96 Å². The summed E-state index contributed by atoms with van der Waals surface area (Å²) in [6.45, 7) is 0.369. The maximum atomic E-state index is 6.00. The number of nitrogens with zero attached hydrogens (tertiary/aromatic N) is 5. The molecule has 7 nitrogen and oxygen atoms in total. The molecular weight excluding hydrogens is 326 g/mol. The van der Waals surface area contributed by atoms with Crippen LogP contribution in [0.3, 0.4) is 0 Å². The second-order valence-corrected chi connectivity index (χ2v) is 6.19. The minimum Gasteiger partial charge on any atom is -0.485 e. The summed E-state index contributed by atoms with van der Waals surface area (Å²) in [7, 11) is 0. The van der Waals surface area contributed by atoms with Crippen LogP contribution < -0.4 is 9.47 Å². The number of hydrogen-bond acceptors (Lipinski definition) is 7. The lowest BCUT2D eigenvalue weighted by atomic mass is 10.2. The quantitative estimate of drug-likeness (QED) is 0.560. The Hall–Kier alpha value is -3.00. The Kier molecular flexibility index (Phi) is 2.95. The number of fused-ring (bicyclic) bond motifs is 2. The fraction of sp³-hybridized carbons (Fsp3) is 0.125. The van der Waals surface area contributed by atoms with Crippen LogP contribution in [-0.4, -0.2) is 31.4 Å². The second-order valence-electron chi connectivity index (χ2n) is 5.24. The van der Waals surface area contributed by atoms with Gasteiger partial charge in [0.1, 0.15) is 12.3 Å². The highest BCUT2D eigenvalue weighted by Crippen LogP contribution is 2.36. The van der Waals surface area contributed by atoms with Crippen molar-refractivity contribution in [3.8, 4) is 22.2 Å². The number of pyridine rings is 1. The van der Waals surface area contributed by atoms with Gasteiger partial charge in [0.15, 0.2) is 28.4 Å². The van der Waals surface area contributed by atoms with Crippen LogP contribution in [0, 0.1) is 0 Å². The summed E-state index contributed by atoms with van der Waals surface area (Å²) in [6, 6.07) is 13.3. The number of aromatic nitrogens is 5. The van der Waals surface area contributed by atoms with E-state index in [-0.39, 0.29) is 6.10 Å². The Bertz CT molecular complexity index is 1010. The van der Waals surface area contributed by atoms with Crippen LogP contribution in [0.2, 0.25) is 0 Å². The van der Waals surface area contributed by atoms with E-state index in [1.165, 1.54) is 11.3 Å². The summed E-state index contributed by atoms with van der Waals surface area (Å²) >= 11 is 1.44. The van der Waals surface area contributed by atoms with Crippen LogP contribution >= 0.6 is 11.3 Å². The molecule has 0 aliphatic carbocycles. The third kappa shape index (κ3) is 2.11. The van der Waals surface area contributed by atoms with Gasteiger partial charge in [0, 0.05) is 6.20 Å². The third-order valence-electron chi connectivity index (χ3n) is 3.70. The van der Waals surface area contributed by atoms with Crippen LogP contribution in [0.5, 0.6) is 11.5 Å². The molecule has 0 unspecified atom stereocenters. The maximum absolute atomic E-state index is 6.00. The minimum atomic E-state index is -0.353. The number of para-hydroxylation sites is 2. The molecule has 0 saturated carbocycles. The summed E-state index contributed by atoms with van der Waals surface area (Å²) in [4.78, 5) is 5.03. The van der Waals surface area contributed by atoms with Crippen LogP contribution in [0.25, 0.3) is 15.7 Å². The molecule has 24 heavy (non-hydrogen) atoms. The molecule has 0 spiro atoms. The minimum absolute atomic E-state index is 0.353. The molecule has 0 N–H and O–H groups in total. The van der Waals surface area contributed by atoms with E-state index >= 15 is 0 Å². The molecular formula is C16H11N5O2S. The van der Waals surface area contributed by atoms with Crippen LogP contribution in [0.15, 0.2) is 48.7 Å². The van der Waals surface area contributed by atoms with E-state index in [0.717, 1.165) is 16.5 Å². The lowest BCUT2D eigenvalue weighted by Crippen LogP contribution is -2.23. The molecule has 5 rings (SSSR count). The van der Waals surface area contributed by atoms with Gasteiger partial charge in [-0.25, -0.2) is 0 Å². The standard InChI is InChI=1S/C16H11N5O2S/c1-2-7-12-11(6-1)22-9-13(23-12)14-18-19-16-21(14)20-15(24-16)10-5-3-4-8-17-10/h1-8,13H,9H2/t13-/m0/s1. The number of ether oxygens (including phenoxy) is 2. The first-order valence-electron chi connectivity index (χ1n) is 7.40. The van der Waals surface area contributed by atoms with Crippen LogP contribution in [-0.2, 0) is 0 Å². The van der Waals surface area contributed by atoms with E-state index in [2.05, 4.69) is 20.3 Å². The van der Waals surface area contributed by atoms with Gasteiger partial charge in [-0.1, -0.05) is 29.5 Å². The highest BCUT2D eigenvalue weighted by molar-refractivity contribution is 7.19. The van der Waals surface area contributed by atoms with Gasteiger partial charge in [-0.3, -0.25) is 4.98 Å². The molecule has 0 radical (unpaired) electrons. The van der Waals surface area contributed by atoms with Crippen molar-refractivity contribution < 1.29 is 9.47 Å². The van der Waals surface area contributed by atoms with Crippen molar-refractivity contribution in [2.75, 3.05) is 6.61 Å². The maximum Gasteiger partial charge on any atom is 0.235 e. The van der Waals surface area contributed by atoms with E-state index in [9.17, 15) is 0 Å². The highest BCUT2D eigenvalue weighted by Gasteiger charge is 2.28. The summed E-state index contributed by atoms with van der Waals surface area (Å²) in [6.07, 6.45) is 1.39. The molecule has 1 aliphatic heterocycles. The zero-order valence-corrected chi connectivity index (χ0v) is 13.2. The van der Waals surface area contributed by atoms with Crippen molar-refractivity contribution in [1.29, 1.82) is 0 Å². The Morgan fingerprint density at radius 2 is 1.92 bits per heavy atom. The molecule has 4 aromatic rings. The van der Waals surface area contributed by atoms with Gasteiger partial charge in [-0.05, 0) is 24.3 Å². The molecule has 0 saturated heterocycles. The van der Waals surface area contributed by atoms with Gasteiger partial charge in [-0.15, -0.1) is 10.2 Å². The van der Waals surface area contributed by atoms with E-state index in [0.29, 0.717) is 23.1 Å². The molecule has 0 bridgehead atoms. The summed E-state index contributed by atoms with van der Waals surface area (Å²) in [5, 5.41) is 13.8. The van der Waals surface area contributed by atoms with E-state index in [4.69, 9.17) is 9.47 Å². The van der Waals surface area contributed by atoms with Gasteiger partial charge in [-0.2, -0.15) is 9.61 Å². The molecule has 1 aromatic carbocycles. The molecule has 3 aromatic heterocycles. The fourth-order valence-corrected chi connectivity index (χ4v) is 3.40. The zero-order chi connectivity index (χ0) is 15.9. The average Bonchev–Trinajstić information content (AvgIpc) is 3.23. The lowest BCUT2D eigenvalue weighted by Gasteiger charge is -2.24. The highest BCUT2D eigenvalue weighted by atomic mass is 32.1. The van der Waals surface area contributed by atoms with Crippen LogP contribution in [0.4, 0.5) is 0 Å². The number of rotatable bonds is 2. The van der Waals surface area contributed by atoms with Crippen molar-refractivity contribution in [3.05, 3.63) is 54.5 Å². The van der Waals surface area contributed by atoms with E-state index in [1.54, 1.807) is 10.7 Å². The Labute approximate surface area is 140 Å². The van der Waals surface area contributed by atoms with E-state index in [1.807, 2.05) is 42.5 Å². The molecule has 8 heteroatoms. The molecule has 0 fully saturated rings. The molecule has 1 aliphatic rings. The number of benzene rings is 1. The predicted octanol–water partition coefficient (Wildman–Crippen LogP) is 2.76. The van der Waals surface area contributed by atoms with Gasteiger partial charge in [0.25, 0.3) is 0 Å². The summed E-state index contributed by atoms with van der Waals surface area (Å²) in [5.74, 6) is 2.06. The smallest absolute Gasteiger partial charge is 0.235 e. The van der Waals surface area contributed by atoms with Crippen LogP contribution in [0.1, 0.15) is 11.9 Å². The molecule has 118 valence electrons. The summed E-state index contributed by atoms with van der Waals surface area (Å²) < 4.78 is 13.5. The first kappa shape index (κ1) is 13.4. The average molecular weight is 337 g/mol. The molecule has 4 heterocycles. The predicted molar refractivity (Wildman–Crippen MR) is 87.2 cm³/mol. The third-order valence-corrected chi connectivity index (χ3v) is 4.62. The first-order valence-corrected chi connectivity index (χ1v) is 8.22. The van der Waals surface area contributed by atoms with Gasteiger partial charge in [0.05, 0.1) is 0 Å². The Morgan fingerprint density at radius 3 is 2.79 bits per heavy atom. The van der Waals surface area contributed by atoms with Crippen molar-refractivity contribution in [1.82, 2.24) is 24.8 Å². The monoisotopic (exact) mass is 337 g/mol. The first-order chi connectivity index (χ1) is 11.9.